The normalized spacial score (nSPS) is 12.3. The van der Waals surface area contributed by atoms with Gasteiger partial charge >= 0.3 is 0 Å². The SMILES string of the molecule is CC[C@@H](C(=O)Nc1cccc([N+](=O)[O-])c1C)N(c1ccc(Cl)cc1)S(C)(=O)=O. The number of sulfonamides is 1. The molecule has 1 amide bonds. The van der Waals surface area contributed by atoms with Crippen LogP contribution < -0.4 is 9.62 Å². The highest BCUT2D eigenvalue weighted by atomic mass is 35.5. The third-order valence-corrected chi connectivity index (χ3v) is 5.60. The van der Waals surface area contributed by atoms with Gasteiger partial charge in [-0.05, 0) is 43.7 Å². The molecular formula is C18H20ClN3O5S. The lowest BCUT2D eigenvalue weighted by atomic mass is 10.1. The Bertz CT molecular complexity index is 993. The molecule has 0 unspecified atom stereocenters. The topological polar surface area (TPSA) is 110 Å². The molecule has 1 N–H and O–H groups in total. The molecule has 0 heterocycles. The smallest absolute Gasteiger partial charge is 0.274 e. The van der Waals surface area contributed by atoms with Crippen LogP contribution in [-0.4, -0.2) is 31.5 Å². The van der Waals surface area contributed by atoms with Gasteiger partial charge in [0.2, 0.25) is 15.9 Å². The van der Waals surface area contributed by atoms with E-state index in [1.165, 1.54) is 49.4 Å². The zero-order chi connectivity index (χ0) is 21.1. The molecule has 0 aliphatic heterocycles. The maximum absolute atomic E-state index is 12.9. The number of nitro groups is 1. The van der Waals surface area contributed by atoms with Crippen molar-refractivity contribution in [3.8, 4) is 0 Å². The van der Waals surface area contributed by atoms with Crippen LogP contribution in [0.1, 0.15) is 18.9 Å². The molecule has 0 aromatic heterocycles. The Labute approximate surface area is 168 Å². The number of carbonyl (C=O) groups excluding carboxylic acids is 1. The van der Waals surface area contributed by atoms with Crippen molar-refractivity contribution in [2.45, 2.75) is 26.3 Å². The Morgan fingerprint density at radius 2 is 1.86 bits per heavy atom. The third kappa shape index (κ3) is 4.79. The first kappa shape index (κ1) is 21.6. The maximum atomic E-state index is 12.9. The summed E-state index contributed by atoms with van der Waals surface area (Å²) in [4.78, 5) is 23.4. The van der Waals surface area contributed by atoms with Crippen LogP contribution in [0.2, 0.25) is 5.02 Å². The summed E-state index contributed by atoms with van der Waals surface area (Å²) in [7, 11) is -3.79. The van der Waals surface area contributed by atoms with Gasteiger partial charge in [0.05, 0.1) is 28.1 Å². The summed E-state index contributed by atoms with van der Waals surface area (Å²) in [6.45, 7) is 3.20. The van der Waals surface area contributed by atoms with E-state index in [1.54, 1.807) is 6.92 Å². The summed E-state index contributed by atoms with van der Waals surface area (Å²) in [5, 5.41) is 14.1. The summed E-state index contributed by atoms with van der Waals surface area (Å²) in [5.41, 5.74) is 0.698. The highest BCUT2D eigenvalue weighted by Crippen LogP contribution is 2.28. The van der Waals surface area contributed by atoms with Gasteiger partial charge in [-0.1, -0.05) is 24.6 Å². The van der Waals surface area contributed by atoms with Crippen LogP contribution >= 0.6 is 11.6 Å². The fourth-order valence-electron chi connectivity index (χ4n) is 2.82. The standard InChI is InChI=1S/C18H20ClN3O5S/c1-4-16(21(28(3,26)27)14-10-8-13(19)9-11-14)18(23)20-15-6-5-7-17(12(15)2)22(24)25/h5-11,16H,4H2,1-3H3,(H,20,23)/t16-/m0/s1. The van der Waals surface area contributed by atoms with E-state index in [2.05, 4.69) is 5.32 Å². The van der Waals surface area contributed by atoms with E-state index in [-0.39, 0.29) is 23.4 Å². The van der Waals surface area contributed by atoms with Crippen LogP contribution in [0.15, 0.2) is 42.5 Å². The molecule has 0 bridgehead atoms. The van der Waals surface area contributed by atoms with Gasteiger partial charge in [0.15, 0.2) is 0 Å². The first-order valence-electron chi connectivity index (χ1n) is 8.36. The number of nitrogens with zero attached hydrogens (tertiary/aromatic N) is 2. The van der Waals surface area contributed by atoms with Gasteiger partial charge in [0, 0.05) is 11.1 Å². The largest absolute Gasteiger partial charge is 0.324 e. The average Bonchev–Trinajstić information content (AvgIpc) is 2.61. The predicted molar refractivity (Wildman–Crippen MR) is 109 cm³/mol. The monoisotopic (exact) mass is 425 g/mol. The number of benzene rings is 2. The number of amides is 1. The molecule has 28 heavy (non-hydrogen) atoms. The molecular weight excluding hydrogens is 406 g/mol. The van der Waals surface area contributed by atoms with Crippen LogP contribution in [0.3, 0.4) is 0 Å². The minimum absolute atomic E-state index is 0.136. The van der Waals surface area contributed by atoms with E-state index < -0.39 is 26.9 Å². The zero-order valence-corrected chi connectivity index (χ0v) is 17.1. The number of nitro benzene ring substituents is 1. The minimum Gasteiger partial charge on any atom is -0.324 e. The van der Waals surface area contributed by atoms with Crippen LogP contribution in [-0.2, 0) is 14.8 Å². The number of hydrogen-bond donors (Lipinski definition) is 1. The minimum atomic E-state index is -3.79. The van der Waals surface area contributed by atoms with E-state index in [1.807, 2.05) is 0 Å². The number of carbonyl (C=O) groups is 1. The number of nitrogens with one attached hydrogen (secondary N) is 1. The fraction of sp³-hybridized carbons (Fsp3) is 0.278. The molecule has 150 valence electrons. The molecule has 2 aromatic carbocycles. The zero-order valence-electron chi connectivity index (χ0n) is 15.5. The number of hydrogen-bond acceptors (Lipinski definition) is 5. The van der Waals surface area contributed by atoms with Gasteiger partial charge in [-0.15, -0.1) is 0 Å². The molecule has 10 heteroatoms. The van der Waals surface area contributed by atoms with Crippen molar-refractivity contribution in [3.05, 3.63) is 63.2 Å². The first-order chi connectivity index (χ1) is 13.1. The summed E-state index contributed by atoms with van der Waals surface area (Å²) >= 11 is 5.87. The Kier molecular flexibility index (Phi) is 6.63. The average molecular weight is 426 g/mol. The second-order valence-electron chi connectivity index (χ2n) is 6.16. The predicted octanol–water partition coefficient (Wildman–Crippen LogP) is 3.74. The van der Waals surface area contributed by atoms with Gasteiger partial charge < -0.3 is 5.32 Å². The number of rotatable bonds is 7. The van der Waals surface area contributed by atoms with E-state index in [0.717, 1.165) is 10.6 Å². The molecule has 0 radical (unpaired) electrons. The second kappa shape index (κ2) is 8.57. The van der Waals surface area contributed by atoms with Gasteiger partial charge in [-0.3, -0.25) is 19.2 Å². The molecule has 2 rings (SSSR count). The quantitative estimate of drug-likeness (QED) is 0.536. The Morgan fingerprint density at radius 3 is 2.36 bits per heavy atom. The van der Waals surface area contributed by atoms with Gasteiger partial charge in [0.25, 0.3) is 5.69 Å². The highest BCUT2D eigenvalue weighted by molar-refractivity contribution is 7.92. The van der Waals surface area contributed by atoms with Crippen LogP contribution in [0, 0.1) is 17.0 Å². The van der Waals surface area contributed by atoms with Crippen molar-refractivity contribution in [3.63, 3.8) is 0 Å². The van der Waals surface area contributed by atoms with Crippen molar-refractivity contribution >= 4 is 44.6 Å². The Hall–Kier alpha value is -2.65. The van der Waals surface area contributed by atoms with Crippen molar-refractivity contribution in [2.24, 2.45) is 0 Å². The van der Waals surface area contributed by atoms with Crippen molar-refractivity contribution < 1.29 is 18.1 Å². The summed E-state index contributed by atoms with van der Waals surface area (Å²) in [5.74, 6) is -0.591. The molecule has 0 saturated heterocycles. The molecule has 0 spiro atoms. The Balaban J connectivity index is 2.41. The molecule has 2 aromatic rings. The van der Waals surface area contributed by atoms with Crippen molar-refractivity contribution in [1.29, 1.82) is 0 Å². The van der Waals surface area contributed by atoms with Gasteiger partial charge in [-0.25, -0.2) is 8.42 Å². The first-order valence-corrected chi connectivity index (χ1v) is 10.6. The fourth-order valence-corrected chi connectivity index (χ4v) is 4.16. The van der Waals surface area contributed by atoms with Crippen molar-refractivity contribution in [1.82, 2.24) is 0 Å². The van der Waals surface area contributed by atoms with Crippen LogP contribution in [0.25, 0.3) is 0 Å². The van der Waals surface area contributed by atoms with E-state index in [9.17, 15) is 23.3 Å². The highest BCUT2D eigenvalue weighted by Gasteiger charge is 2.32. The van der Waals surface area contributed by atoms with Gasteiger partial charge in [-0.2, -0.15) is 0 Å². The van der Waals surface area contributed by atoms with E-state index in [0.29, 0.717) is 10.7 Å². The number of anilines is 2. The molecule has 8 nitrogen and oxygen atoms in total. The Morgan fingerprint density at radius 1 is 1.25 bits per heavy atom. The van der Waals surface area contributed by atoms with Crippen LogP contribution in [0.5, 0.6) is 0 Å². The molecule has 0 aliphatic carbocycles. The van der Waals surface area contributed by atoms with E-state index >= 15 is 0 Å². The molecule has 0 fully saturated rings. The van der Waals surface area contributed by atoms with Gasteiger partial charge in [0.1, 0.15) is 6.04 Å². The lowest BCUT2D eigenvalue weighted by Gasteiger charge is -2.30. The number of halogens is 1. The van der Waals surface area contributed by atoms with Crippen molar-refractivity contribution in [2.75, 3.05) is 15.9 Å². The third-order valence-electron chi connectivity index (χ3n) is 4.17. The molecule has 1 atom stereocenters. The summed E-state index contributed by atoms with van der Waals surface area (Å²) in [6.07, 6.45) is 1.20. The lowest BCUT2D eigenvalue weighted by molar-refractivity contribution is -0.385. The maximum Gasteiger partial charge on any atom is 0.274 e. The molecule has 0 aliphatic rings. The summed E-state index contributed by atoms with van der Waals surface area (Å²) in [6, 6.07) is 9.36. The second-order valence-corrected chi connectivity index (χ2v) is 8.45. The lowest BCUT2D eigenvalue weighted by Crippen LogP contribution is -2.47. The summed E-state index contributed by atoms with van der Waals surface area (Å²) < 4.78 is 25.8. The van der Waals surface area contributed by atoms with E-state index in [4.69, 9.17) is 11.6 Å². The van der Waals surface area contributed by atoms with Crippen LogP contribution in [0.4, 0.5) is 17.1 Å². The molecule has 0 saturated carbocycles.